The largest absolute Gasteiger partial charge is 0.370 e. The summed E-state index contributed by atoms with van der Waals surface area (Å²) < 4.78 is 0. The summed E-state index contributed by atoms with van der Waals surface area (Å²) in [6.45, 7) is 5.60. The molecule has 0 aliphatic heterocycles. The van der Waals surface area contributed by atoms with Crippen molar-refractivity contribution in [2.75, 3.05) is 13.1 Å². The Bertz CT molecular complexity index is 593. The van der Waals surface area contributed by atoms with Gasteiger partial charge in [-0.05, 0) is 25.7 Å². The van der Waals surface area contributed by atoms with Gasteiger partial charge in [0.15, 0.2) is 5.96 Å². The summed E-state index contributed by atoms with van der Waals surface area (Å²) in [6.07, 6.45) is 28.3. The predicted octanol–water partition coefficient (Wildman–Crippen LogP) is 7.26. The highest BCUT2D eigenvalue weighted by Crippen LogP contribution is 2.14. The second-order valence-corrected chi connectivity index (χ2v) is 11.3. The van der Waals surface area contributed by atoms with Crippen molar-refractivity contribution in [2.24, 2.45) is 16.5 Å². The van der Waals surface area contributed by atoms with E-state index in [9.17, 15) is 9.59 Å². The van der Waals surface area contributed by atoms with Crippen molar-refractivity contribution in [1.82, 2.24) is 10.6 Å². The number of carbonyl (C=O) groups excluding carboxylic acids is 2. The van der Waals surface area contributed by atoms with Gasteiger partial charge in [0, 0.05) is 19.5 Å². The van der Waals surface area contributed by atoms with E-state index in [4.69, 9.17) is 11.5 Å². The fourth-order valence-electron chi connectivity index (χ4n) is 4.94. The van der Waals surface area contributed by atoms with Crippen molar-refractivity contribution in [2.45, 2.75) is 174 Å². The first-order chi connectivity index (χ1) is 19.0. The second kappa shape index (κ2) is 29.2. The topological polar surface area (TPSA) is 123 Å². The molecule has 6 N–H and O–H groups in total. The van der Waals surface area contributed by atoms with Gasteiger partial charge < -0.3 is 22.1 Å². The van der Waals surface area contributed by atoms with Crippen LogP contribution in [-0.4, -0.2) is 36.9 Å². The Balaban J connectivity index is 3.98. The van der Waals surface area contributed by atoms with Crippen LogP contribution < -0.4 is 22.1 Å². The number of hydrogen-bond donors (Lipinski definition) is 4. The number of guanidine groups is 1. The minimum Gasteiger partial charge on any atom is -0.370 e. The quantitative estimate of drug-likeness (QED) is 0.0443. The van der Waals surface area contributed by atoms with Crippen LogP contribution in [0.4, 0.5) is 0 Å². The van der Waals surface area contributed by atoms with Crippen LogP contribution >= 0.6 is 0 Å². The summed E-state index contributed by atoms with van der Waals surface area (Å²) in [5, 5.41) is 5.97. The minimum atomic E-state index is -0.525. The van der Waals surface area contributed by atoms with Crippen LogP contribution in [0.2, 0.25) is 0 Å². The third-order valence-corrected chi connectivity index (χ3v) is 7.43. The molecular weight excluding hydrogens is 486 g/mol. The molecular formula is C32H65N5O2. The van der Waals surface area contributed by atoms with Gasteiger partial charge in [0.1, 0.15) is 6.04 Å². The predicted molar refractivity (Wildman–Crippen MR) is 168 cm³/mol. The average molecular weight is 552 g/mol. The lowest BCUT2D eigenvalue weighted by Crippen LogP contribution is -2.47. The first kappa shape index (κ1) is 37.2. The number of amides is 2. The van der Waals surface area contributed by atoms with E-state index in [0.29, 0.717) is 32.4 Å². The SMILES string of the molecule is CCCCCCCCCCCCCCCCCC(=O)N[C@@H](CCCN=C(N)N)C(=O)NCCCCCCCC. The molecule has 0 aliphatic carbocycles. The molecule has 0 aromatic heterocycles. The van der Waals surface area contributed by atoms with E-state index >= 15 is 0 Å². The zero-order chi connectivity index (χ0) is 28.8. The number of unbranched alkanes of at least 4 members (excludes halogenated alkanes) is 19. The number of rotatable bonds is 29. The van der Waals surface area contributed by atoms with Crippen molar-refractivity contribution >= 4 is 17.8 Å². The van der Waals surface area contributed by atoms with Crippen molar-refractivity contribution < 1.29 is 9.59 Å². The molecule has 0 aromatic carbocycles. The molecule has 0 saturated heterocycles. The Hall–Kier alpha value is -1.79. The molecule has 2 amide bonds. The first-order valence-electron chi connectivity index (χ1n) is 16.6. The summed E-state index contributed by atoms with van der Waals surface area (Å²) in [5.74, 6) is -0.0828. The highest BCUT2D eigenvalue weighted by molar-refractivity contribution is 5.87. The van der Waals surface area contributed by atoms with Crippen molar-refractivity contribution in [1.29, 1.82) is 0 Å². The molecule has 0 bridgehead atoms. The van der Waals surface area contributed by atoms with Crippen molar-refractivity contribution in [3.8, 4) is 0 Å². The zero-order valence-electron chi connectivity index (χ0n) is 25.9. The van der Waals surface area contributed by atoms with E-state index in [1.54, 1.807) is 0 Å². The Morgan fingerprint density at radius 2 is 1.05 bits per heavy atom. The number of nitrogens with zero attached hydrogens (tertiary/aromatic N) is 1. The third-order valence-electron chi connectivity index (χ3n) is 7.43. The molecule has 0 heterocycles. The van der Waals surface area contributed by atoms with Crippen molar-refractivity contribution in [3.63, 3.8) is 0 Å². The van der Waals surface area contributed by atoms with E-state index in [-0.39, 0.29) is 17.8 Å². The Morgan fingerprint density at radius 3 is 1.51 bits per heavy atom. The smallest absolute Gasteiger partial charge is 0.242 e. The van der Waals surface area contributed by atoms with E-state index in [2.05, 4.69) is 29.5 Å². The van der Waals surface area contributed by atoms with Crippen LogP contribution in [0, 0.1) is 0 Å². The average Bonchev–Trinajstić information content (AvgIpc) is 2.91. The second-order valence-electron chi connectivity index (χ2n) is 11.3. The van der Waals surface area contributed by atoms with E-state index in [0.717, 1.165) is 25.7 Å². The lowest BCUT2D eigenvalue weighted by atomic mass is 10.0. The van der Waals surface area contributed by atoms with Gasteiger partial charge in [-0.1, -0.05) is 136 Å². The number of nitrogens with one attached hydrogen (secondary N) is 2. The number of hydrogen-bond acceptors (Lipinski definition) is 3. The Morgan fingerprint density at radius 1 is 0.615 bits per heavy atom. The van der Waals surface area contributed by atoms with Gasteiger partial charge >= 0.3 is 0 Å². The van der Waals surface area contributed by atoms with E-state index in [1.807, 2.05) is 0 Å². The fourth-order valence-corrected chi connectivity index (χ4v) is 4.94. The molecule has 0 aliphatic rings. The molecule has 1 atom stereocenters. The molecule has 0 spiro atoms. The lowest BCUT2D eigenvalue weighted by Gasteiger charge is -2.18. The van der Waals surface area contributed by atoms with E-state index < -0.39 is 6.04 Å². The first-order valence-corrected chi connectivity index (χ1v) is 16.6. The van der Waals surface area contributed by atoms with Gasteiger partial charge in [-0.2, -0.15) is 0 Å². The summed E-state index contributed by atoms with van der Waals surface area (Å²) in [6, 6.07) is -0.525. The maximum absolute atomic E-state index is 12.7. The van der Waals surface area contributed by atoms with Gasteiger partial charge in [-0.25, -0.2) is 0 Å². The molecule has 0 saturated carbocycles. The van der Waals surface area contributed by atoms with Gasteiger partial charge in [0.2, 0.25) is 11.8 Å². The Labute approximate surface area is 241 Å². The van der Waals surface area contributed by atoms with Gasteiger partial charge in [0.05, 0.1) is 0 Å². The number of nitrogens with two attached hydrogens (primary N) is 2. The van der Waals surface area contributed by atoms with E-state index in [1.165, 1.54) is 109 Å². The molecule has 0 rings (SSSR count). The van der Waals surface area contributed by atoms with Gasteiger partial charge in [0.25, 0.3) is 0 Å². The number of aliphatic imine (C=N–C) groups is 1. The van der Waals surface area contributed by atoms with Crippen LogP contribution in [0.25, 0.3) is 0 Å². The van der Waals surface area contributed by atoms with Gasteiger partial charge in [-0.15, -0.1) is 0 Å². The molecule has 0 fully saturated rings. The molecule has 0 aromatic rings. The zero-order valence-corrected chi connectivity index (χ0v) is 25.9. The summed E-state index contributed by atoms with van der Waals surface area (Å²) >= 11 is 0. The fraction of sp³-hybridized carbons (Fsp3) is 0.906. The van der Waals surface area contributed by atoms with Crippen LogP contribution in [-0.2, 0) is 9.59 Å². The molecule has 7 nitrogen and oxygen atoms in total. The van der Waals surface area contributed by atoms with Crippen LogP contribution in [0.1, 0.15) is 168 Å². The summed E-state index contributed by atoms with van der Waals surface area (Å²) in [5.41, 5.74) is 10.8. The monoisotopic (exact) mass is 552 g/mol. The maximum Gasteiger partial charge on any atom is 0.242 e. The van der Waals surface area contributed by atoms with Crippen LogP contribution in [0.3, 0.4) is 0 Å². The number of carbonyl (C=O) groups is 2. The van der Waals surface area contributed by atoms with Crippen molar-refractivity contribution in [3.05, 3.63) is 0 Å². The van der Waals surface area contributed by atoms with Gasteiger partial charge in [-0.3, -0.25) is 14.6 Å². The molecule has 230 valence electrons. The summed E-state index contributed by atoms with van der Waals surface area (Å²) in [7, 11) is 0. The summed E-state index contributed by atoms with van der Waals surface area (Å²) in [4.78, 5) is 29.3. The highest BCUT2D eigenvalue weighted by atomic mass is 16.2. The molecule has 7 heteroatoms. The molecule has 0 unspecified atom stereocenters. The third kappa shape index (κ3) is 27.6. The lowest BCUT2D eigenvalue weighted by molar-refractivity contribution is -0.129. The van der Waals surface area contributed by atoms with Crippen LogP contribution in [0.5, 0.6) is 0 Å². The highest BCUT2D eigenvalue weighted by Gasteiger charge is 2.19. The molecule has 39 heavy (non-hydrogen) atoms. The standard InChI is InChI=1S/C32H65N5O2/c1-3-5-7-9-11-12-13-14-15-16-17-18-19-20-22-26-30(38)37-29(25-24-28-36-32(33)34)31(39)35-27-23-21-10-8-6-4-2/h29H,3-28H2,1-2H3,(H,35,39)(H,37,38)(H4,33,34,36)/t29-/m0/s1. The maximum atomic E-state index is 12.7. The molecule has 0 radical (unpaired) electrons. The minimum absolute atomic E-state index is 0.0359. The normalized spacial score (nSPS) is 11.7. The van der Waals surface area contributed by atoms with Crippen LogP contribution in [0.15, 0.2) is 4.99 Å². The Kier molecular flexibility index (Phi) is 27.9.